The van der Waals surface area contributed by atoms with Gasteiger partial charge in [-0.2, -0.15) is 0 Å². The molecular formula is C12H17N3O. The van der Waals surface area contributed by atoms with Crippen molar-refractivity contribution in [2.75, 3.05) is 5.73 Å². The van der Waals surface area contributed by atoms with Crippen LogP contribution >= 0.6 is 0 Å². The second-order valence-corrected chi connectivity index (χ2v) is 4.42. The summed E-state index contributed by atoms with van der Waals surface area (Å²) < 4.78 is 0. The number of pyridine rings is 1. The third kappa shape index (κ3) is 2.01. The predicted octanol–water partition coefficient (Wildman–Crippen LogP) is 1.73. The number of hydrogen-bond donors (Lipinski definition) is 2. The van der Waals surface area contributed by atoms with Crippen LogP contribution in [0.15, 0.2) is 18.3 Å². The van der Waals surface area contributed by atoms with E-state index in [0.29, 0.717) is 11.4 Å². The number of nitrogens with two attached hydrogens (primary N) is 1. The standard InChI is InChI=1S/C12H17N3O/c1-2-12(5-3-6-12)15-11(16)10-8-9(13)4-7-14-10/h4,7-8H,2-3,5-6H2,1H3,(H2,13,14)(H,15,16). The van der Waals surface area contributed by atoms with Crippen LogP contribution in [0.1, 0.15) is 43.1 Å². The summed E-state index contributed by atoms with van der Waals surface area (Å²) in [6.45, 7) is 2.10. The minimum absolute atomic E-state index is 0.00334. The molecule has 0 aromatic carbocycles. The van der Waals surface area contributed by atoms with E-state index in [2.05, 4.69) is 17.2 Å². The second-order valence-electron chi connectivity index (χ2n) is 4.42. The Morgan fingerprint density at radius 3 is 2.88 bits per heavy atom. The third-order valence-corrected chi connectivity index (χ3v) is 3.38. The van der Waals surface area contributed by atoms with Crippen molar-refractivity contribution < 1.29 is 4.79 Å². The number of rotatable bonds is 3. The van der Waals surface area contributed by atoms with Crippen LogP contribution in [0.5, 0.6) is 0 Å². The maximum atomic E-state index is 11.9. The van der Waals surface area contributed by atoms with E-state index in [1.165, 1.54) is 6.42 Å². The molecule has 1 aromatic rings. The zero-order valence-corrected chi connectivity index (χ0v) is 9.49. The number of anilines is 1. The van der Waals surface area contributed by atoms with Crippen molar-refractivity contribution in [1.29, 1.82) is 0 Å². The molecule has 1 aromatic heterocycles. The molecule has 16 heavy (non-hydrogen) atoms. The fourth-order valence-electron chi connectivity index (χ4n) is 2.05. The fourth-order valence-corrected chi connectivity index (χ4v) is 2.05. The number of hydrogen-bond acceptors (Lipinski definition) is 3. The van der Waals surface area contributed by atoms with Crippen LogP contribution < -0.4 is 11.1 Å². The first kappa shape index (κ1) is 10.9. The molecule has 0 saturated heterocycles. The van der Waals surface area contributed by atoms with Crippen molar-refractivity contribution in [3.8, 4) is 0 Å². The van der Waals surface area contributed by atoms with Gasteiger partial charge in [0.2, 0.25) is 0 Å². The summed E-state index contributed by atoms with van der Waals surface area (Å²) in [7, 11) is 0. The molecular weight excluding hydrogens is 202 g/mol. The van der Waals surface area contributed by atoms with Crippen molar-refractivity contribution in [3.63, 3.8) is 0 Å². The molecule has 1 heterocycles. The topological polar surface area (TPSA) is 68.0 Å². The summed E-state index contributed by atoms with van der Waals surface area (Å²) >= 11 is 0. The van der Waals surface area contributed by atoms with Gasteiger partial charge in [0.25, 0.3) is 5.91 Å². The Balaban J connectivity index is 2.08. The summed E-state index contributed by atoms with van der Waals surface area (Å²) in [6, 6.07) is 3.28. The predicted molar refractivity (Wildman–Crippen MR) is 63.0 cm³/mol. The van der Waals surface area contributed by atoms with Gasteiger partial charge in [0.05, 0.1) is 0 Å². The minimum atomic E-state index is -0.117. The zero-order valence-electron chi connectivity index (χ0n) is 9.49. The smallest absolute Gasteiger partial charge is 0.270 e. The Kier molecular flexibility index (Phi) is 2.81. The lowest BCUT2D eigenvalue weighted by molar-refractivity contribution is 0.0815. The van der Waals surface area contributed by atoms with Gasteiger partial charge < -0.3 is 11.1 Å². The van der Waals surface area contributed by atoms with Gasteiger partial charge in [0, 0.05) is 17.4 Å². The molecule has 4 heteroatoms. The van der Waals surface area contributed by atoms with E-state index in [1.54, 1.807) is 18.3 Å². The zero-order chi connectivity index (χ0) is 11.6. The Hall–Kier alpha value is -1.58. The lowest BCUT2D eigenvalue weighted by Gasteiger charge is -2.41. The lowest BCUT2D eigenvalue weighted by Crippen LogP contribution is -2.53. The molecule has 0 radical (unpaired) electrons. The van der Waals surface area contributed by atoms with Gasteiger partial charge in [-0.1, -0.05) is 6.92 Å². The first-order valence-electron chi connectivity index (χ1n) is 5.69. The second kappa shape index (κ2) is 4.12. The number of nitrogens with one attached hydrogen (secondary N) is 1. The first-order valence-corrected chi connectivity index (χ1v) is 5.69. The Bertz CT molecular complexity index is 393. The van der Waals surface area contributed by atoms with Crippen molar-refractivity contribution in [2.24, 2.45) is 0 Å². The molecule has 4 nitrogen and oxygen atoms in total. The van der Waals surface area contributed by atoms with Crippen molar-refractivity contribution in [2.45, 2.75) is 38.1 Å². The number of carbonyl (C=O) groups is 1. The minimum Gasteiger partial charge on any atom is -0.399 e. The van der Waals surface area contributed by atoms with Gasteiger partial charge in [0.1, 0.15) is 5.69 Å². The van der Waals surface area contributed by atoms with Crippen LogP contribution in [0.25, 0.3) is 0 Å². The highest BCUT2D eigenvalue weighted by atomic mass is 16.2. The highest BCUT2D eigenvalue weighted by Crippen LogP contribution is 2.34. The van der Waals surface area contributed by atoms with E-state index in [-0.39, 0.29) is 11.4 Å². The van der Waals surface area contributed by atoms with Gasteiger partial charge in [-0.25, -0.2) is 0 Å². The highest BCUT2D eigenvalue weighted by molar-refractivity contribution is 5.93. The monoisotopic (exact) mass is 219 g/mol. The quantitative estimate of drug-likeness (QED) is 0.813. The van der Waals surface area contributed by atoms with Gasteiger partial charge in [0.15, 0.2) is 0 Å². The van der Waals surface area contributed by atoms with Crippen LogP contribution in [0.3, 0.4) is 0 Å². The van der Waals surface area contributed by atoms with Crippen molar-refractivity contribution >= 4 is 11.6 Å². The fraction of sp³-hybridized carbons (Fsp3) is 0.500. The van der Waals surface area contributed by atoms with Crippen LogP contribution in [0.4, 0.5) is 5.69 Å². The molecule has 0 atom stereocenters. The molecule has 1 amide bonds. The van der Waals surface area contributed by atoms with Crippen LogP contribution in [0, 0.1) is 0 Å². The van der Waals surface area contributed by atoms with E-state index in [1.807, 2.05) is 0 Å². The third-order valence-electron chi connectivity index (χ3n) is 3.38. The molecule has 1 aliphatic rings. The average molecular weight is 219 g/mol. The van der Waals surface area contributed by atoms with E-state index in [0.717, 1.165) is 19.3 Å². The number of amides is 1. The van der Waals surface area contributed by atoms with Crippen molar-refractivity contribution in [1.82, 2.24) is 10.3 Å². The molecule has 0 unspecified atom stereocenters. The van der Waals surface area contributed by atoms with E-state index in [9.17, 15) is 4.79 Å². The number of aromatic nitrogens is 1. The van der Waals surface area contributed by atoms with E-state index < -0.39 is 0 Å². The molecule has 0 spiro atoms. The number of nitrogens with zero attached hydrogens (tertiary/aromatic N) is 1. The highest BCUT2D eigenvalue weighted by Gasteiger charge is 2.36. The van der Waals surface area contributed by atoms with Crippen LogP contribution in [-0.4, -0.2) is 16.4 Å². The normalized spacial score (nSPS) is 17.6. The largest absolute Gasteiger partial charge is 0.399 e. The van der Waals surface area contributed by atoms with Crippen LogP contribution in [-0.2, 0) is 0 Å². The Morgan fingerprint density at radius 1 is 1.62 bits per heavy atom. The summed E-state index contributed by atoms with van der Waals surface area (Å²) in [6.07, 6.45) is 5.86. The molecule has 3 N–H and O–H groups in total. The molecule has 1 saturated carbocycles. The van der Waals surface area contributed by atoms with Crippen LogP contribution in [0.2, 0.25) is 0 Å². The summed E-state index contributed by atoms with van der Waals surface area (Å²) in [5, 5.41) is 3.07. The molecule has 0 bridgehead atoms. The Labute approximate surface area is 95.3 Å². The lowest BCUT2D eigenvalue weighted by atomic mass is 9.75. The summed E-state index contributed by atoms with van der Waals surface area (Å²) in [4.78, 5) is 16.0. The maximum absolute atomic E-state index is 11.9. The van der Waals surface area contributed by atoms with Gasteiger partial charge in [-0.15, -0.1) is 0 Å². The Morgan fingerprint density at radius 2 is 2.38 bits per heavy atom. The summed E-state index contributed by atoms with van der Waals surface area (Å²) in [5.41, 5.74) is 6.59. The van der Waals surface area contributed by atoms with E-state index in [4.69, 9.17) is 5.73 Å². The number of nitrogen functional groups attached to an aromatic ring is 1. The maximum Gasteiger partial charge on any atom is 0.270 e. The first-order chi connectivity index (χ1) is 7.65. The molecule has 0 aliphatic heterocycles. The summed E-state index contributed by atoms with van der Waals surface area (Å²) in [5.74, 6) is -0.117. The number of carbonyl (C=O) groups excluding carboxylic acids is 1. The molecule has 2 rings (SSSR count). The average Bonchev–Trinajstić information content (AvgIpc) is 2.23. The van der Waals surface area contributed by atoms with E-state index >= 15 is 0 Å². The van der Waals surface area contributed by atoms with Crippen molar-refractivity contribution in [3.05, 3.63) is 24.0 Å². The van der Waals surface area contributed by atoms with Gasteiger partial charge in [-0.3, -0.25) is 9.78 Å². The van der Waals surface area contributed by atoms with Gasteiger partial charge >= 0.3 is 0 Å². The molecule has 1 fully saturated rings. The van der Waals surface area contributed by atoms with Gasteiger partial charge in [-0.05, 0) is 37.8 Å². The molecule has 1 aliphatic carbocycles. The SMILES string of the molecule is CCC1(NC(=O)c2cc(N)ccn2)CCC1. The molecule has 86 valence electrons.